The van der Waals surface area contributed by atoms with E-state index in [0.29, 0.717) is 29.4 Å². The van der Waals surface area contributed by atoms with Gasteiger partial charge in [-0.1, -0.05) is 97.9 Å². The van der Waals surface area contributed by atoms with Crippen molar-refractivity contribution in [2.45, 2.75) is 114 Å². The van der Waals surface area contributed by atoms with Crippen molar-refractivity contribution in [3.63, 3.8) is 0 Å². The van der Waals surface area contributed by atoms with Gasteiger partial charge in [-0.3, -0.25) is 19.2 Å². The van der Waals surface area contributed by atoms with Gasteiger partial charge in [0.2, 0.25) is 17.7 Å². The molecule has 0 aromatic heterocycles. The van der Waals surface area contributed by atoms with Gasteiger partial charge >= 0.3 is 5.97 Å². The lowest BCUT2D eigenvalue weighted by Crippen LogP contribution is -2.61. The highest BCUT2D eigenvalue weighted by Crippen LogP contribution is 2.59. The second kappa shape index (κ2) is 14.5. The SMILES string of the molecule is CC[C@H](C)[C@H](CO)N1C(=O)[C@@H]2[C@H]3C(=O)O[C@@H](c4ccccc4)[C@H](C)NC(=O)CC/C=C\CN(C4CCCCC4)C(=O)[C@@H]1[C@]21C=C(Br)[C@H]3O1. The van der Waals surface area contributed by atoms with Gasteiger partial charge in [0.05, 0.1) is 24.6 Å². The average molecular weight is 727 g/mol. The molecular weight excluding hydrogens is 678 g/mol. The van der Waals surface area contributed by atoms with Crippen molar-refractivity contribution in [3.8, 4) is 0 Å². The number of carbonyl (C=O) groups is 4. The van der Waals surface area contributed by atoms with Crippen molar-refractivity contribution in [2.24, 2.45) is 17.8 Å². The topological polar surface area (TPSA) is 125 Å². The highest BCUT2D eigenvalue weighted by Gasteiger charge is 2.75. The Kier molecular flexibility index (Phi) is 10.5. The number of benzene rings is 1. The molecule has 5 bridgehead atoms. The predicted molar refractivity (Wildman–Crippen MR) is 182 cm³/mol. The first-order valence-electron chi connectivity index (χ1n) is 17.6. The third-order valence-electron chi connectivity index (χ3n) is 11.2. The molecule has 48 heavy (non-hydrogen) atoms. The number of ether oxygens (including phenoxy) is 2. The standard InChI is InChI=1S/C37H48BrN3O7/c1-4-22(2)27(21-42)41-33-35(45)40(25-16-10-6-11-17-25)19-13-7-12-18-28(43)39-23(3)31(24-14-8-5-9-15-24)47-36(46)29-30(34(41)44)37(33)20-26(38)32(29)48-37/h5,7-9,13-15,20,22-23,25,27,29-33,42H,4,6,10-12,16-19,21H2,1-3H3,(H,39,43)/b13-7-/t22-,23-,27-,29+,30-,31+,32+,33+,37-/m0/s1. The van der Waals surface area contributed by atoms with E-state index in [1.807, 2.05) is 67.3 Å². The number of amides is 3. The van der Waals surface area contributed by atoms with E-state index >= 15 is 4.79 Å². The third kappa shape index (κ3) is 6.15. The number of carbonyl (C=O) groups excluding carboxylic acids is 4. The van der Waals surface area contributed by atoms with Crippen LogP contribution in [0, 0.1) is 17.8 Å². The molecule has 3 fully saturated rings. The first-order chi connectivity index (χ1) is 23.1. The van der Waals surface area contributed by atoms with Crippen molar-refractivity contribution < 1.29 is 33.8 Å². The molecule has 1 aliphatic carbocycles. The maximum Gasteiger partial charge on any atom is 0.313 e. The fraction of sp³-hybridized carbons (Fsp3) is 0.622. The molecule has 5 aliphatic rings. The van der Waals surface area contributed by atoms with Crippen molar-refractivity contribution in [2.75, 3.05) is 13.2 Å². The summed E-state index contributed by atoms with van der Waals surface area (Å²) in [6.45, 7) is 5.77. The maximum absolute atomic E-state index is 15.1. The highest BCUT2D eigenvalue weighted by atomic mass is 79.9. The third-order valence-corrected chi connectivity index (χ3v) is 11.9. The van der Waals surface area contributed by atoms with Gasteiger partial charge in [-0.2, -0.15) is 0 Å². The van der Waals surface area contributed by atoms with Crippen molar-refractivity contribution in [3.05, 3.63) is 58.6 Å². The quantitative estimate of drug-likeness (QED) is 0.325. The second-order valence-electron chi connectivity index (χ2n) is 14.1. The molecule has 2 N–H and O–H groups in total. The molecule has 10 nitrogen and oxygen atoms in total. The lowest BCUT2D eigenvalue weighted by molar-refractivity contribution is -0.162. The van der Waals surface area contributed by atoms with Crippen LogP contribution in [-0.2, 0) is 28.7 Å². The van der Waals surface area contributed by atoms with Crippen LogP contribution in [0.25, 0.3) is 0 Å². The minimum Gasteiger partial charge on any atom is -0.455 e. The van der Waals surface area contributed by atoms with Crippen molar-refractivity contribution in [1.82, 2.24) is 15.1 Å². The number of aliphatic hydroxyl groups is 1. The Balaban J connectivity index is 1.48. The lowest BCUT2D eigenvalue weighted by Gasteiger charge is -2.43. The number of nitrogens with one attached hydrogen (secondary N) is 1. The summed E-state index contributed by atoms with van der Waals surface area (Å²) in [6, 6.07) is 6.93. The van der Waals surface area contributed by atoms with Gasteiger partial charge in [-0.25, -0.2) is 0 Å². The minimum absolute atomic E-state index is 0.0240. The first-order valence-corrected chi connectivity index (χ1v) is 18.4. The Morgan fingerprint density at radius 2 is 1.77 bits per heavy atom. The van der Waals surface area contributed by atoms with Crippen LogP contribution in [0.15, 0.2) is 53.0 Å². The summed E-state index contributed by atoms with van der Waals surface area (Å²) >= 11 is 3.64. The average Bonchev–Trinajstić information content (AvgIpc) is 3.68. The van der Waals surface area contributed by atoms with Gasteiger partial charge in [-0.15, -0.1) is 0 Å². The fourth-order valence-electron chi connectivity index (χ4n) is 8.57. The van der Waals surface area contributed by atoms with Gasteiger partial charge in [0.15, 0.2) is 0 Å². The molecule has 9 atom stereocenters. The predicted octanol–water partition coefficient (Wildman–Crippen LogP) is 4.57. The molecule has 260 valence electrons. The van der Waals surface area contributed by atoms with Crippen molar-refractivity contribution in [1.29, 1.82) is 0 Å². The van der Waals surface area contributed by atoms with Crippen LogP contribution in [0.2, 0.25) is 0 Å². The van der Waals surface area contributed by atoms with Crippen LogP contribution in [0.1, 0.15) is 83.8 Å². The summed E-state index contributed by atoms with van der Waals surface area (Å²) in [7, 11) is 0. The molecule has 0 unspecified atom stereocenters. The summed E-state index contributed by atoms with van der Waals surface area (Å²) in [5, 5.41) is 13.8. The van der Waals surface area contributed by atoms with Crippen molar-refractivity contribution >= 4 is 39.6 Å². The lowest BCUT2D eigenvalue weighted by atomic mass is 9.74. The number of hydrogen-bond acceptors (Lipinski definition) is 7. The molecule has 0 radical (unpaired) electrons. The summed E-state index contributed by atoms with van der Waals surface area (Å²) in [4.78, 5) is 60.9. The smallest absolute Gasteiger partial charge is 0.313 e. The van der Waals surface area contributed by atoms with E-state index in [1.165, 1.54) is 0 Å². The van der Waals surface area contributed by atoms with Gasteiger partial charge in [0.25, 0.3) is 0 Å². The summed E-state index contributed by atoms with van der Waals surface area (Å²) in [6.07, 6.45) is 10.3. The second-order valence-corrected chi connectivity index (χ2v) is 15.0. The van der Waals surface area contributed by atoms with E-state index in [4.69, 9.17) is 9.47 Å². The van der Waals surface area contributed by atoms with Crippen LogP contribution < -0.4 is 5.32 Å². The van der Waals surface area contributed by atoms with E-state index in [1.54, 1.807) is 11.8 Å². The Morgan fingerprint density at radius 3 is 2.46 bits per heavy atom. The molecule has 6 rings (SSSR count). The minimum atomic E-state index is -1.42. The van der Waals surface area contributed by atoms with E-state index in [2.05, 4.69) is 21.2 Å². The van der Waals surface area contributed by atoms with Gasteiger partial charge in [0.1, 0.15) is 29.8 Å². The highest BCUT2D eigenvalue weighted by molar-refractivity contribution is 9.11. The zero-order chi connectivity index (χ0) is 34.2. The molecule has 4 heterocycles. The number of fused-ring (bicyclic) bond motifs is 2. The van der Waals surface area contributed by atoms with Crippen LogP contribution in [0.4, 0.5) is 0 Å². The number of esters is 1. The monoisotopic (exact) mass is 725 g/mol. The largest absolute Gasteiger partial charge is 0.455 e. The fourth-order valence-corrected chi connectivity index (χ4v) is 9.31. The first kappa shape index (κ1) is 34.8. The van der Waals surface area contributed by atoms with Crippen LogP contribution in [-0.4, -0.2) is 87.6 Å². The van der Waals surface area contributed by atoms with E-state index < -0.39 is 53.7 Å². The molecule has 2 saturated heterocycles. The Hall–Kier alpha value is -3.02. The molecule has 3 amide bonds. The Bertz CT molecular complexity index is 1450. The van der Waals surface area contributed by atoms with Gasteiger partial charge < -0.3 is 29.7 Å². The zero-order valence-electron chi connectivity index (χ0n) is 28.1. The van der Waals surface area contributed by atoms with Crippen LogP contribution >= 0.6 is 15.9 Å². The Morgan fingerprint density at radius 1 is 1.04 bits per heavy atom. The number of likely N-dealkylation sites (tertiary alicyclic amines) is 1. The number of hydrogen-bond donors (Lipinski definition) is 2. The Labute approximate surface area is 291 Å². The number of rotatable bonds is 6. The molecule has 1 saturated carbocycles. The summed E-state index contributed by atoms with van der Waals surface area (Å²) in [5.41, 5.74) is -0.716. The number of allylic oxidation sites excluding steroid dienone is 1. The normalized spacial score (nSPS) is 35.1. The van der Waals surface area contributed by atoms with Gasteiger partial charge in [0, 0.05) is 23.5 Å². The maximum atomic E-state index is 15.1. The van der Waals surface area contributed by atoms with Crippen LogP contribution in [0.5, 0.6) is 0 Å². The molecule has 1 aromatic rings. The number of cyclic esters (lactones) is 1. The van der Waals surface area contributed by atoms with E-state index in [-0.39, 0.29) is 42.7 Å². The summed E-state index contributed by atoms with van der Waals surface area (Å²) < 4.78 is 13.6. The molecule has 1 aromatic carbocycles. The number of halogens is 1. The number of aliphatic hydroxyl groups excluding tert-OH is 1. The van der Waals surface area contributed by atoms with E-state index in [9.17, 15) is 19.5 Å². The molecule has 11 heteroatoms. The molecule has 1 spiro atoms. The van der Waals surface area contributed by atoms with E-state index in [0.717, 1.165) is 32.1 Å². The number of nitrogens with zero attached hydrogens (tertiary/aromatic N) is 2. The molecule has 4 aliphatic heterocycles. The van der Waals surface area contributed by atoms with Gasteiger partial charge in [-0.05, 0) is 43.7 Å². The zero-order valence-corrected chi connectivity index (χ0v) is 29.6. The van der Waals surface area contributed by atoms with Crippen LogP contribution in [0.3, 0.4) is 0 Å². The summed E-state index contributed by atoms with van der Waals surface area (Å²) in [5.74, 6) is -3.61. The molecular formula is C37H48BrN3O7.